The molecule has 0 unspecified atom stereocenters. The van der Waals surface area contributed by atoms with E-state index in [0.29, 0.717) is 12.5 Å². The lowest BCUT2D eigenvalue weighted by Gasteiger charge is -2.20. The van der Waals surface area contributed by atoms with Crippen molar-refractivity contribution in [3.05, 3.63) is 56.7 Å². The van der Waals surface area contributed by atoms with Crippen LogP contribution in [-0.4, -0.2) is 23.3 Å². The van der Waals surface area contributed by atoms with E-state index in [2.05, 4.69) is 38.3 Å². The fraction of sp³-hybridized carbons (Fsp3) is 0.353. The fourth-order valence-corrected chi connectivity index (χ4v) is 3.74. The van der Waals surface area contributed by atoms with Crippen molar-refractivity contribution in [3.8, 4) is 0 Å². The van der Waals surface area contributed by atoms with Gasteiger partial charge in [0.15, 0.2) is 5.78 Å². The van der Waals surface area contributed by atoms with Crippen molar-refractivity contribution < 1.29 is 4.79 Å². The summed E-state index contributed by atoms with van der Waals surface area (Å²) >= 11 is 5.26. The Kier molecular flexibility index (Phi) is 4.88. The van der Waals surface area contributed by atoms with Gasteiger partial charge in [0.05, 0.1) is 0 Å². The zero-order chi connectivity index (χ0) is 14.7. The van der Waals surface area contributed by atoms with E-state index < -0.39 is 0 Å². The average molecular weight is 364 g/mol. The second-order valence-electron chi connectivity index (χ2n) is 5.43. The Hall–Kier alpha value is -0.970. The third-order valence-electron chi connectivity index (χ3n) is 3.80. The molecule has 1 aromatic heterocycles. The molecule has 2 aromatic rings. The van der Waals surface area contributed by atoms with Gasteiger partial charge in [-0.2, -0.15) is 0 Å². The summed E-state index contributed by atoms with van der Waals surface area (Å²) in [5.74, 6) is 0.222. The molecular formula is C17H18BrNOS. The number of halogens is 1. The van der Waals surface area contributed by atoms with E-state index in [9.17, 15) is 4.79 Å². The van der Waals surface area contributed by atoms with E-state index >= 15 is 0 Å². The summed E-state index contributed by atoms with van der Waals surface area (Å²) in [5, 5.41) is 2.12. The average Bonchev–Trinajstić information content (AvgIpc) is 3.21. The predicted octanol–water partition coefficient (Wildman–Crippen LogP) is 4.75. The van der Waals surface area contributed by atoms with Crippen LogP contribution in [0.5, 0.6) is 0 Å². The molecule has 0 N–H and O–H groups in total. The molecule has 0 radical (unpaired) electrons. The van der Waals surface area contributed by atoms with Crippen molar-refractivity contribution in [1.29, 1.82) is 0 Å². The first kappa shape index (κ1) is 14.9. The van der Waals surface area contributed by atoms with Crippen molar-refractivity contribution >= 4 is 33.0 Å². The minimum absolute atomic E-state index is 0.222. The molecule has 1 aliphatic carbocycles. The Morgan fingerprint density at radius 3 is 2.71 bits per heavy atom. The number of nitrogens with zero attached hydrogens (tertiary/aromatic N) is 1. The number of Topliss-reactive ketones (excluding diaryl/α,β-unsaturated/α-hetero) is 1. The first-order valence-corrected chi connectivity index (χ1v) is 8.95. The van der Waals surface area contributed by atoms with Gasteiger partial charge in [0.2, 0.25) is 0 Å². The first-order valence-electron chi connectivity index (χ1n) is 7.28. The number of hydrogen-bond donors (Lipinski definition) is 0. The molecule has 0 saturated heterocycles. The van der Waals surface area contributed by atoms with Crippen molar-refractivity contribution in [2.75, 3.05) is 6.54 Å². The molecule has 1 saturated carbocycles. The Labute approximate surface area is 137 Å². The van der Waals surface area contributed by atoms with E-state index in [-0.39, 0.29) is 5.78 Å². The van der Waals surface area contributed by atoms with Crippen LogP contribution in [-0.2, 0) is 6.54 Å². The van der Waals surface area contributed by atoms with Crippen LogP contribution in [0, 0.1) is 0 Å². The Morgan fingerprint density at radius 2 is 2.05 bits per heavy atom. The van der Waals surface area contributed by atoms with Crippen LogP contribution in [0.25, 0.3) is 0 Å². The van der Waals surface area contributed by atoms with Crippen LogP contribution in [0.2, 0.25) is 0 Å². The topological polar surface area (TPSA) is 20.3 Å². The molecule has 110 valence electrons. The largest absolute Gasteiger partial charge is 0.295 e. The molecule has 0 atom stereocenters. The number of carbonyl (C=O) groups excluding carboxylic acids is 1. The minimum Gasteiger partial charge on any atom is -0.295 e. The lowest BCUT2D eigenvalue weighted by atomic mass is 10.1. The number of hydrogen-bond acceptors (Lipinski definition) is 3. The van der Waals surface area contributed by atoms with Crippen LogP contribution in [0.3, 0.4) is 0 Å². The van der Waals surface area contributed by atoms with Gasteiger partial charge in [0.1, 0.15) is 0 Å². The highest BCUT2D eigenvalue weighted by Gasteiger charge is 2.29. The zero-order valence-electron chi connectivity index (χ0n) is 11.8. The third-order valence-corrected chi connectivity index (χ3v) is 5.36. The number of thiophene rings is 1. The Morgan fingerprint density at radius 1 is 1.24 bits per heavy atom. The van der Waals surface area contributed by atoms with Crippen LogP contribution in [0.1, 0.15) is 34.5 Å². The van der Waals surface area contributed by atoms with Crippen LogP contribution < -0.4 is 0 Å². The van der Waals surface area contributed by atoms with E-state index in [0.717, 1.165) is 23.1 Å². The van der Waals surface area contributed by atoms with Gasteiger partial charge in [-0.3, -0.25) is 9.69 Å². The molecule has 3 rings (SSSR count). The van der Waals surface area contributed by atoms with Gasteiger partial charge in [0.25, 0.3) is 0 Å². The van der Waals surface area contributed by atoms with Gasteiger partial charge in [0, 0.05) is 40.5 Å². The molecule has 2 nitrogen and oxygen atoms in total. The molecule has 1 aliphatic rings. The lowest BCUT2D eigenvalue weighted by molar-refractivity contribution is 0.0959. The lowest BCUT2D eigenvalue weighted by Crippen LogP contribution is -2.27. The highest BCUT2D eigenvalue weighted by Crippen LogP contribution is 2.29. The number of benzene rings is 1. The monoisotopic (exact) mass is 363 g/mol. The van der Waals surface area contributed by atoms with Gasteiger partial charge < -0.3 is 0 Å². The molecule has 21 heavy (non-hydrogen) atoms. The van der Waals surface area contributed by atoms with Crippen molar-refractivity contribution in [2.45, 2.75) is 31.8 Å². The van der Waals surface area contributed by atoms with Crippen LogP contribution in [0.4, 0.5) is 0 Å². The highest BCUT2D eigenvalue weighted by atomic mass is 79.9. The summed E-state index contributed by atoms with van der Waals surface area (Å²) in [6, 6.07) is 12.6. The Bertz CT molecular complexity index is 607. The van der Waals surface area contributed by atoms with Crippen LogP contribution >= 0.6 is 27.3 Å². The number of rotatable bonds is 7. The predicted molar refractivity (Wildman–Crippen MR) is 90.8 cm³/mol. The molecule has 1 aromatic carbocycles. The third kappa shape index (κ3) is 4.02. The molecular weight excluding hydrogens is 346 g/mol. The van der Waals surface area contributed by atoms with Crippen molar-refractivity contribution in [3.63, 3.8) is 0 Å². The quantitative estimate of drug-likeness (QED) is 0.661. The molecule has 1 fully saturated rings. The second-order valence-corrected chi connectivity index (χ2v) is 7.32. The van der Waals surface area contributed by atoms with Crippen molar-refractivity contribution in [1.82, 2.24) is 4.90 Å². The van der Waals surface area contributed by atoms with Crippen molar-refractivity contribution in [2.24, 2.45) is 0 Å². The van der Waals surface area contributed by atoms with Gasteiger partial charge in [-0.1, -0.05) is 40.2 Å². The fourth-order valence-electron chi connectivity index (χ4n) is 2.50. The maximum Gasteiger partial charge on any atom is 0.165 e. The normalized spacial score (nSPS) is 14.6. The molecule has 0 amide bonds. The maximum atomic E-state index is 12.4. The molecule has 0 spiro atoms. The maximum absolute atomic E-state index is 12.4. The summed E-state index contributed by atoms with van der Waals surface area (Å²) in [6.07, 6.45) is 3.13. The first-order chi connectivity index (χ1) is 10.2. The number of carbonyl (C=O) groups is 1. The summed E-state index contributed by atoms with van der Waals surface area (Å²) < 4.78 is 0.895. The summed E-state index contributed by atoms with van der Waals surface area (Å²) in [5.41, 5.74) is 0.796. The van der Waals surface area contributed by atoms with E-state index in [1.807, 2.05) is 24.3 Å². The van der Waals surface area contributed by atoms with Gasteiger partial charge in [-0.05, 0) is 30.4 Å². The summed E-state index contributed by atoms with van der Waals surface area (Å²) in [6.45, 7) is 1.83. The molecule has 0 bridgehead atoms. The minimum atomic E-state index is 0.222. The smallest absolute Gasteiger partial charge is 0.165 e. The molecule has 4 heteroatoms. The summed E-state index contributed by atoms with van der Waals surface area (Å²) in [7, 11) is 0. The Balaban J connectivity index is 1.59. The van der Waals surface area contributed by atoms with Gasteiger partial charge in [-0.25, -0.2) is 0 Å². The van der Waals surface area contributed by atoms with Gasteiger partial charge in [-0.15, -0.1) is 11.3 Å². The number of ketones is 1. The second kappa shape index (κ2) is 6.86. The van der Waals surface area contributed by atoms with Gasteiger partial charge >= 0.3 is 0 Å². The highest BCUT2D eigenvalue weighted by molar-refractivity contribution is 9.10. The molecule has 0 aliphatic heterocycles. The van der Waals surface area contributed by atoms with E-state index in [4.69, 9.17) is 0 Å². The van der Waals surface area contributed by atoms with Crippen LogP contribution in [0.15, 0.2) is 46.3 Å². The standard InChI is InChI=1S/C17H18BrNOS/c18-16-6-2-1-5-15(16)17(20)9-10-19(13-7-8-13)12-14-4-3-11-21-14/h1-6,11,13H,7-10,12H2. The summed E-state index contributed by atoms with van der Waals surface area (Å²) in [4.78, 5) is 16.2. The van der Waals surface area contributed by atoms with E-state index in [1.54, 1.807) is 11.3 Å². The SMILES string of the molecule is O=C(CCN(Cc1cccs1)C1CC1)c1ccccc1Br. The zero-order valence-corrected chi connectivity index (χ0v) is 14.2. The molecule has 1 heterocycles. The van der Waals surface area contributed by atoms with E-state index in [1.165, 1.54) is 17.7 Å².